The number of rotatable bonds is 6. The standard InChI is InChI=1S/C54H48N2/c1-53(2)33-34-54(3,4)52-47(53)21-14-24-50(52)56-49-23-13-11-20-45(49)46-32-31-43(36-51(46)56)55(42-29-27-39(28-30-42)37-15-6-5-7-16-37)48-22-12-10-19-44(48)41-26-25-38-17-8-9-18-40(38)35-41/h5-32,35,43H,33-34,36H2,1-4H3. The predicted octanol–water partition coefficient (Wildman–Crippen LogP) is 14.2. The SMILES string of the molecule is CC1(C)CCC(C)(C)c2c(-n3c4c(c5ccccc53)C=CC(N(c3ccc(-c5ccccc5)cc3)c3ccccc3-c3ccc5ccccc5c3)C4)cccc21. The third-order valence-electron chi connectivity index (χ3n) is 12.8. The summed E-state index contributed by atoms with van der Waals surface area (Å²) in [6.45, 7) is 9.77. The van der Waals surface area contributed by atoms with Crippen LogP contribution < -0.4 is 4.90 Å². The Kier molecular flexibility index (Phi) is 8.15. The maximum atomic E-state index is 2.63. The van der Waals surface area contributed by atoms with Gasteiger partial charge in [0.05, 0.1) is 11.6 Å². The lowest BCUT2D eigenvalue weighted by Gasteiger charge is -2.43. The van der Waals surface area contributed by atoms with E-state index in [1.54, 1.807) is 0 Å². The topological polar surface area (TPSA) is 8.17 Å². The van der Waals surface area contributed by atoms with Crippen LogP contribution in [0.4, 0.5) is 11.4 Å². The van der Waals surface area contributed by atoms with Crippen LogP contribution in [0.5, 0.6) is 0 Å². The highest BCUT2D eigenvalue weighted by Crippen LogP contribution is 2.50. The van der Waals surface area contributed by atoms with Crippen molar-refractivity contribution in [2.24, 2.45) is 0 Å². The summed E-state index contributed by atoms with van der Waals surface area (Å²) in [5.41, 5.74) is 15.8. The van der Waals surface area contributed by atoms with E-state index in [9.17, 15) is 0 Å². The summed E-state index contributed by atoms with van der Waals surface area (Å²) in [7, 11) is 0. The fourth-order valence-corrected chi connectivity index (χ4v) is 9.76. The number of para-hydroxylation sites is 2. The lowest BCUT2D eigenvalue weighted by molar-refractivity contribution is 0.331. The Hall–Kier alpha value is -6.12. The Morgan fingerprint density at radius 3 is 2.09 bits per heavy atom. The minimum Gasteiger partial charge on any atom is -0.334 e. The highest BCUT2D eigenvalue weighted by atomic mass is 15.2. The Balaban J connectivity index is 1.16. The zero-order valence-corrected chi connectivity index (χ0v) is 32.8. The van der Waals surface area contributed by atoms with Crippen LogP contribution in [0.25, 0.3) is 55.7 Å². The first kappa shape index (κ1) is 34.4. The molecule has 8 aromatic rings. The minimum atomic E-state index is 0.0644. The van der Waals surface area contributed by atoms with E-state index in [1.165, 1.54) is 96.2 Å². The Bertz CT molecular complexity index is 2780. The zero-order chi connectivity index (χ0) is 38.0. The molecule has 1 atom stereocenters. The highest BCUT2D eigenvalue weighted by molar-refractivity contribution is 5.95. The monoisotopic (exact) mass is 724 g/mol. The molecular formula is C54H48N2. The first-order valence-corrected chi connectivity index (χ1v) is 20.2. The molecule has 274 valence electrons. The number of fused-ring (bicyclic) bond motifs is 5. The van der Waals surface area contributed by atoms with E-state index in [0.29, 0.717) is 0 Å². The minimum absolute atomic E-state index is 0.0644. The third kappa shape index (κ3) is 5.70. The molecule has 1 aromatic heterocycles. The quantitative estimate of drug-likeness (QED) is 0.166. The van der Waals surface area contributed by atoms with Gasteiger partial charge in [0.25, 0.3) is 0 Å². The summed E-state index contributed by atoms with van der Waals surface area (Å²) in [6, 6.07) is 60.6. The molecule has 0 bridgehead atoms. The van der Waals surface area contributed by atoms with Crippen molar-refractivity contribution in [3.05, 3.63) is 192 Å². The number of nitrogens with zero attached hydrogens (tertiary/aromatic N) is 2. The van der Waals surface area contributed by atoms with Crippen molar-refractivity contribution in [2.45, 2.75) is 63.8 Å². The van der Waals surface area contributed by atoms with Crippen molar-refractivity contribution in [2.75, 3.05) is 4.90 Å². The van der Waals surface area contributed by atoms with E-state index < -0.39 is 0 Å². The van der Waals surface area contributed by atoms with Gasteiger partial charge in [0.2, 0.25) is 0 Å². The normalized spacial score (nSPS) is 16.8. The molecule has 7 aromatic carbocycles. The van der Waals surface area contributed by atoms with Crippen LogP contribution in [0.3, 0.4) is 0 Å². The van der Waals surface area contributed by atoms with Gasteiger partial charge in [-0.25, -0.2) is 0 Å². The van der Waals surface area contributed by atoms with Gasteiger partial charge < -0.3 is 9.47 Å². The lowest BCUT2D eigenvalue weighted by atomic mass is 9.62. The van der Waals surface area contributed by atoms with E-state index in [-0.39, 0.29) is 16.9 Å². The number of hydrogen-bond acceptors (Lipinski definition) is 1. The molecule has 0 spiro atoms. The van der Waals surface area contributed by atoms with Crippen LogP contribution in [0.15, 0.2) is 170 Å². The summed E-state index contributed by atoms with van der Waals surface area (Å²) in [5, 5.41) is 3.83. The van der Waals surface area contributed by atoms with Crippen LogP contribution in [0, 0.1) is 0 Å². The Morgan fingerprint density at radius 2 is 1.25 bits per heavy atom. The average molecular weight is 725 g/mol. The largest absolute Gasteiger partial charge is 0.334 e. The molecule has 2 aliphatic carbocycles. The maximum absolute atomic E-state index is 2.63. The molecule has 0 N–H and O–H groups in total. The van der Waals surface area contributed by atoms with Crippen molar-refractivity contribution in [3.8, 4) is 27.9 Å². The van der Waals surface area contributed by atoms with Gasteiger partial charge in [-0.1, -0.05) is 167 Å². The molecule has 0 fully saturated rings. The molecule has 0 aliphatic heterocycles. The molecule has 56 heavy (non-hydrogen) atoms. The van der Waals surface area contributed by atoms with Crippen LogP contribution >= 0.6 is 0 Å². The molecule has 1 unspecified atom stereocenters. The van der Waals surface area contributed by atoms with Crippen molar-refractivity contribution in [1.29, 1.82) is 0 Å². The second-order valence-electron chi connectivity index (χ2n) is 17.2. The maximum Gasteiger partial charge on any atom is 0.0580 e. The summed E-state index contributed by atoms with van der Waals surface area (Å²) in [5.74, 6) is 0. The smallest absolute Gasteiger partial charge is 0.0580 e. The molecule has 2 aliphatic rings. The van der Waals surface area contributed by atoms with Crippen molar-refractivity contribution in [1.82, 2.24) is 4.57 Å². The van der Waals surface area contributed by atoms with E-state index in [1.807, 2.05) is 0 Å². The third-order valence-corrected chi connectivity index (χ3v) is 12.8. The number of anilines is 2. The molecule has 0 amide bonds. The lowest BCUT2D eigenvalue weighted by Crippen LogP contribution is -2.36. The Labute approximate surface area is 331 Å². The van der Waals surface area contributed by atoms with Crippen molar-refractivity contribution in [3.63, 3.8) is 0 Å². The van der Waals surface area contributed by atoms with Crippen molar-refractivity contribution < 1.29 is 0 Å². The second kappa shape index (κ2) is 13.3. The number of benzene rings is 7. The fourth-order valence-electron chi connectivity index (χ4n) is 9.76. The summed E-state index contributed by atoms with van der Waals surface area (Å²) in [4.78, 5) is 2.59. The first-order valence-electron chi connectivity index (χ1n) is 20.2. The number of hydrogen-bond donors (Lipinski definition) is 0. The molecule has 2 nitrogen and oxygen atoms in total. The molecular weight excluding hydrogens is 677 g/mol. The molecule has 1 heterocycles. The van der Waals surface area contributed by atoms with Crippen molar-refractivity contribution >= 4 is 39.1 Å². The van der Waals surface area contributed by atoms with Gasteiger partial charge in [-0.2, -0.15) is 0 Å². The first-order chi connectivity index (χ1) is 27.3. The van der Waals surface area contributed by atoms with Crippen LogP contribution in [-0.2, 0) is 17.3 Å². The number of aromatic nitrogens is 1. The average Bonchev–Trinajstić information content (AvgIpc) is 3.56. The van der Waals surface area contributed by atoms with Crippen LogP contribution in [0.1, 0.15) is 62.9 Å². The fraction of sp³-hybridized carbons (Fsp3) is 0.185. The van der Waals surface area contributed by atoms with Gasteiger partial charge in [0.1, 0.15) is 0 Å². The molecule has 2 heteroatoms. The van der Waals surface area contributed by atoms with Gasteiger partial charge in [0, 0.05) is 45.7 Å². The molecule has 0 radical (unpaired) electrons. The predicted molar refractivity (Wildman–Crippen MR) is 238 cm³/mol. The van der Waals surface area contributed by atoms with E-state index in [2.05, 4.69) is 213 Å². The van der Waals surface area contributed by atoms with Gasteiger partial charge in [-0.05, 0) is 98.7 Å². The summed E-state index contributed by atoms with van der Waals surface area (Å²) < 4.78 is 2.63. The van der Waals surface area contributed by atoms with Gasteiger partial charge in [-0.3, -0.25) is 0 Å². The van der Waals surface area contributed by atoms with E-state index in [0.717, 1.165) is 6.42 Å². The van der Waals surface area contributed by atoms with Gasteiger partial charge in [-0.15, -0.1) is 0 Å². The zero-order valence-electron chi connectivity index (χ0n) is 32.8. The van der Waals surface area contributed by atoms with E-state index in [4.69, 9.17) is 0 Å². The molecule has 10 rings (SSSR count). The second-order valence-corrected chi connectivity index (χ2v) is 17.2. The highest BCUT2D eigenvalue weighted by Gasteiger charge is 2.40. The van der Waals surface area contributed by atoms with Crippen LogP contribution in [0.2, 0.25) is 0 Å². The molecule has 0 saturated carbocycles. The Morgan fingerprint density at radius 1 is 0.571 bits per heavy atom. The molecule has 0 saturated heterocycles. The van der Waals surface area contributed by atoms with E-state index >= 15 is 0 Å². The summed E-state index contributed by atoms with van der Waals surface area (Å²) in [6.07, 6.45) is 8.10. The summed E-state index contributed by atoms with van der Waals surface area (Å²) >= 11 is 0. The van der Waals surface area contributed by atoms with Gasteiger partial charge >= 0.3 is 0 Å². The van der Waals surface area contributed by atoms with Crippen LogP contribution in [-0.4, -0.2) is 10.6 Å². The van der Waals surface area contributed by atoms with Gasteiger partial charge in [0.15, 0.2) is 0 Å².